The van der Waals surface area contributed by atoms with Crippen LogP contribution in [0.15, 0.2) is 78.9 Å². The highest BCUT2D eigenvalue weighted by Gasteiger charge is 2.34. The first-order valence-corrected chi connectivity index (χ1v) is 10.4. The zero-order valence-electron chi connectivity index (χ0n) is 16.9. The number of amides is 1. The van der Waals surface area contributed by atoms with Crippen LogP contribution in [0.5, 0.6) is 0 Å². The van der Waals surface area contributed by atoms with Gasteiger partial charge in [0.1, 0.15) is 5.82 Å². The van der Waals surface area contributed by atoms with E-state index in [1.165, 1.54) is 12.1 Å². The molecule has 0 unspecified atom stereocenters. The zero-order chi connectivity index (χ0) is 21.4. The fourth-order valence-electron chi connectivity index (χ4n) is 4.10. The average Bonchev–Trinajstić information content (AvgIpc) is 3.63. The highest BCUT2D eigenvalue weighted by atomic mass is 19.1. The molecule has 5 rings (SSSR count). The Bertz CT molecular complexity index is 1270. The van der Waals surface area contributed by atoms with Gasteiger partial charge in [-0.15, -0.1) is 0 Å². The third kappa shape index (κ3) is 3.75. The molecule has 0 bridgehead atoms. The number of nitrogens with one attached hydrogen (secondary N) is 1. The van der Waals surface area contributed by atoms with E-state index in [1.807, 2.05) is 54.6 Å². The molecule has 4 nitrogen and oxygen atoms in total. The van der Waals surface area contributed by atoms with E-state index in [-0.39, 0.29) is 23.5 Å². The van der Waals surface area contributed by atoms with Gasteiger partial charge < -0.3 is 11.1 Å². The zero-order valence-corrected chi connectivity index (χ0v) is 16.9. The number of nitrogens with two attached hydrogens (primary N) is 1. The number of nitrogens with zero attached hydrogens (tertiary/aromatic N) is 1. The van der Waals surface area contributed by atoms with Crippen molar-refractivity contribution in [2.75, 3.05) is 5.73 Å². The fourth-order valence-corrected chi connectivity index (χ4v) is 4.10. The Hall–Kier alpha value is -3.73. The van der Waals surface area contributed by atoms with Crippen molar-refractivity contribution in [3.8, 4) is 11.3 Å². The third-order valence-corrected chi connectivity index (χ3v) is 5.79. The quantitative estimate of drug-likeness (QED) is 0.455. The number of rotatable bonds is 5. The number of anilines is 1. The van der Waals surface area contributed by atoms with E-state index in [4.69, 9.17) is 5.73 Å². The van der Waals surface area contributed by atoms with Crippen LogP contribution in [0.2, 0.25) is 0 Å². The van der Waals surface area contributed by atoms with Gasteiger partial charge in [-0.2, -0.15) is 0 Å². The summed E-state index contributed by atoms with van der Waals surface area (Å²) in [4.78, 5) is 18.2. The van der Waals surface area contributed by atoms with Crippen molar-refractivity contribution in [2.24, 2.45) is 5.92 Å². The fraction of sp³-hybridized carbons (Fsp3) is 0.154. The van der Waals surface area contributed by atoms with Gasteiger partial charge in [0.15, 0.2) is 0 Å². The Morgan fingerprint density at radius 3 is 2.48 bits per heavy atom. The lowest BCUT2D eigenvalue weighted by atomic mass is 9.98. The number of hydrogen-bond acceptors (Lipinski definition) is 3. The average molecular weight is 411 g/mol. The van der Waals surface area contributed by atoms with Crippen molar-refractivity contribution in [2.45, 2.75) is 18.9 Å². The molecule has 0 radical (unpaired) electrons. The molecule has 3 aromatic carbocycles. The van der Waals surface area contributed by atoms with E-state index in [1.54, 1.807) is 12.1 Å². The highest BCUT2D eigenvalue weighted by Crippen LogP contribution is 2.41. The smallest absolute Gasteiger partial charge is 0.254 e. The summed E-state index contributed by atoms with van der Waals surface area (Å²) in [7, 11) is 0. The van der Waals surface area contributed by atoms with Gasteiger partial charge in [0.25, 0.3) is 5.91 Å². The summed E-state index contributed by atoms with van der Waals surface area (Å²) >= 11 is 0. The number of carbonyl (C=O) groups excluding carboxylic acids is 1. The second-order valence-corrected chi connectivity index (χ2v) is 7.98. The van der Waals surface area contributed by atoms with Gasteiger partial charge in [0, 0.05) is 10.9 Å². The molecule has 0 aliphatic heterocycles. The van der Waals surface area contributed by atoms with Crippen LogP contribution in [0.1, 0.15) is 34.8 Å². The number of fused-ring (bicyclic) bond motifs is 1. The minimum atomic E-state index is -0.379. The predicted molar refractivity (Wildman–Crippen MR) is 121 cm³/mol. The maximum Gasteiger partial charge on any atom is 0.254 e. The first kappa shape index (κ1) is 19.2. The normalized spacial score (nSPS) is 14.4. The van der Waals surface area contributed by atoms with E-state index in [0.717, 1.165) is 18.4 Å². The molecule has 1 aromatic heterocycles. The Labute approximate surface area is 179 Å². The maximum atomic E-state index is 13.9. The molecule has 0 saturated heterocycles. The van der Waals surface area contributed by atoms with Gasteiger partial charge in [-0.1, -0.05) is 60.7 Å². The summed E-state index contributed by atoms with van der Waals surface area (Å²) in [6, 6.07) is 23.4. The monoisotopic (exact) mass is 411 g/mol. The molecule has 1 heterocycles. The second-order valence-electron chi connectivity index (χ2n) is 7.98. The summed E-state index contributed by atoms with van der Waals surface area (Å²) in [6.45, 7) is 0. The van der Waals surface area contributed by atoms with Gasteiger partial charge in [-0.3, -0.25) is 4.79 Å². The highest BCUT2D eigenvalue weighted by molar-refractivity contribution is 6.12. The summed E-state index contributed by atoms with van der Waals surface area (Å²) in [5.41, 5.74) is 9.80. The molecule has 1 saturated carbocycles. The van der Waals surface area contributed by atoms with Crippen molar-refractivity contribution in [1.29, 1.82) is 0 Å². The van der Waals surface area contributed by atoms with Crippen molar-refractivity contribution in [3.05, 3.63) is 95.8 Å². The molecule has 0 spiro atoms. The first-order valence-electron chi connectivity index (χ1n) is 10.4. The number of benzene rings is 3. The van der Waals surface area contributed by atoms with Crippen molar-refractivity contribution in [1.82, 2.24) is 10.3 Å². The van der Waals surface area contributed by atoms with Gasteiger partial charge >= 0.3 is 0 Å². The second kappa shape index (κ2) is 7.84. The lowest BCUT2D eigenvalue weighted by Crippen LogP contribution is -2.31. The molecule has 31 heavy (non-hydrogen) atoms. The van der Waals surface area contributed by atoms with Crippen LogP contribution in [0, 0.1) is 11.7 Å². The van der Waals surface area contributed by atoms with E-state index in [9.17, 15) is 9.18 Å². The molecule has 4 aromatic rings. The lowest BCUT2D eigenvalue weighted by Gasteiger charge is -2.21. The molecule has 3 N–H and O–H groups in total. The van der Waals surface area contributed by atoms with Crippen LogP contribution in [0.3, 0.4) is 0 Å². The molecule has 1 aliphatic rings. The molecule has 1 amide bonds. The molecule has 1 fully saturated rings. The van der Waals surface area contributed by atoms with E-state index in [0.29, 0.717) is 33.6 Å². The topological polar surface area (TPSA) is 68.0 Å². The van der Waals surface area contributed by atoms with E-state index >= 15 is 0 Å². The number of pyridine rings is 1. The molecular formula is C26H22FN3O. The van der Waals surface area contributed by atoms with Crippen LogP contribution in [-0.4, -0.2) is 10.9 Å². The summed E-state index contributed by atoms with van der Waals surface area (Å²) in [6.07, 6.45) is 2.17. The lowest BCUT2D eigenvalue weighted by molar-refractivity contribution is 0.0934. The van der Waals surface area contributed by atoms with Crippen LogP contribution >= 0.6 is 0 Å². The van der Waals surface area contributed by atoms with E-state index in [2.05, 4.69) is 10.3 Å². The number of carbonyl (C=O) groups is 1. The number of para-hydroxylation sites is 1. The van der Waals surface area contributed by atoms with Gasteiger partial charge in [0.05, 0.1) is 28.5 Å². The SMILES string of the molecule is Nc1c(-c2cccc(F)c2)nc2ccccc2c1C(=O)N[C@H](c1ccccc1)C1CC1. The predicted octanol–water partition coefficient (Wildman–Crippen LogP) is 5.50. The van der Waals surface area contributed by atoms with Crippen molar-refractivity contribution >= 4 is 22.5 Å². The number of halogens is 1. The number of hydrogen-bond donors (Lipinski definition) is 2. The minimum absolute atomic E-state index is 0.0716. The maximum absolute atomic E-state index is 13.9. The molecular weight excluding hydrogens is 389 g/mol. The number of aromatic nitrogens is 1. The molecule has 5 heteroatoms. The molecule has 154 valence electrons. The molecule has 1 aliphatic carbocycles. The van der Waals surface area contributed by atoms with Crippen LogP contribution in [-0.2, 0) is 0 Å². The summed E-state index contributed by atoms with van der Waals surface area (Å²) in [5, 5.41) is 3.89. The largest absolute Gasteiger partial charge is 0.396 e. The molecule has 1 atom stereocenters. The Balaban J connectivity index is 1.61. The Morgan fingerprint density at radius 2 is 1.74 bits per heavy atom. The van der Waals surface area contributed by atoms with E-state index < -0.39 is 0 Å². The summed E-state index contributed by atoms with van der Waals surface area (Å²) < 4.78 is 13.9. The van der Waals surface area contributed by atoms with Gasteiger partial charge in [-0.05, 0) is 42.5 Å². The van der Waals surface area contributed by atoms with Crippen molar-refractivity contribution in [3.63, 3.8) is 0 Å². The summed E-state index contributed by atoms with van der Waals surface area (Å²) in [5.74, 6) is -0.200. The number of nitrogen functional groups attached to an aromatic ring is 1. The third-order valence-electron chi connectivity index (χ3n) is 5.79. The first-order chi connectivity index (χ1) is 15.1. The van der Waals surface area contributed by atoms with Crippen LogP contribution < -0.4 is 11.1 Å². The van der Waals surface area contributed by atoms with Gasteiger partial charge in [-0.25, -0.2) is 9.37 Å². The van der Waals surface area contributed by atoms with Crippen molar-refractivity contribution < 1.29 is 9.18 Å². The standard InChI is InChI=1S/C26H22FN3O/c27-19-10-6-9-18(15-19)25-23(28)22(20-11-4-5-12-21(20)29-25)26(31)30-24(17-13-14-17)16-7-2-1-3-8-16/h1-12,15,17,24H,13-14,28H2,(H,30,31)/t24-/m1/s1. The van der Waals surface area contributed by atoms with Crippen LogP contribution in [0.4, 0.5) is 10.1 Å². The van der Waals surface area contributed by atoms with Crippen LogP contribution in [0.25, 0.3) is 22.2 Å². The van der Waals surface area contributed by atoms with Gasteiger partial charge in [0.2, 0.25) is 0 Å². The Kier molecular flexibility index (Phi) is 4.86. The Morgan fingerprint density at radius 1 is 1.00 bits per heavy atom. The minimum Gasteiger partial charge on any atom is -0.396 e.